The maximum atomic E-state index is 13.3. The molecule has 1 aliphatic carbocycles. The van der Waals surface area contributed by atoms with Gasteiger partial charge in [0.1, 0.15) is 5.69 Å². The predicted octanol–water partition coefficient (Wildman–Crippen LogP) is 3.53. The standard InChI is InChI=1S/C14H21F2N3O2/c1-3-9-6-5-7-10(8-9)19-12(13(15)16)11(17-18-19)14(20)21-4-2/h9-10,13H,3-8H2,1-2H3. The Morgan fingerprint density at radius 3 is 2.81 bits per heavy atom. The lowest BCUT2D eigenvalue weighted by Gasteiger charge is -2.29. The molecule has 0 radical (unpaired) electrons. The van der Waals surface area contributed by atoms with Crippen LogP contribution in [0.5, 0.6) is 0 Å². The van der Waals surface area contributed by atoms with Crippen molar-refractivity contribution >= 4 is 5.97 Å². The van der Waals surface area contributed by atoms with E-state index in [2.05, 4.69) is 17.2 Å². The van der Waals surface area contributed by atoms with Gasteiger partial charge < -0.3 is 4.74 Å². The van der Waals surface area contributed by atoms with Crippen molar-refractivity contribution in [2.24, 2.45) is 5.92 Å². The number of hydrogen-bond donors (Lipinski definition) is 0. The molecule has 1 saturated carbocycles. The zero-order valence-electron chi connectivity index (χ0n) is 12.4. The minimum absolute atomic E-state index is 0.108. The number of hydrogen-bond acceptors (Lipinski definition) is 4. The number of rotatable bonds is 5. The molecule has 118 valence electrons. The summed E-state index contributed by atoms with van der Waals surface area (Å²) >= 11 is 0. The maximum Gasteiger partial charge on any atom is 0.361 e. The molecule has 2 atom stereocenters. The molecule has 1 heterocycles. The first-order valence-corrected chi connectivity index (χ1v) is 7.48. The average Bonchev–Trinajstić information content (AvgIpc) is 2.92. The molecule has 0 N–H and O–H groups in total. The molecule has 0 aliphatic heterocycles. The average molecular weight is 301 g/mol. The second-order valence-corrected chi connectivity index (χ2v) is 5.38. The van der Waals surface area contributed by atoms with Crippen LogP contribution in [0.3, 0.4) is 0 Å². The van der Waals surface area contributed by atoms with E-state index in [1.54, 1.807) is 6.92 Å². The third-order valence-corrected chi connectivity index (χ3v) is 4.08. The van der Waals surface area contributed by atoms with Gasteiger partial charge in [0.05, 0.1) is 12.6 Å². The number of esters is 1. The normalized spacial score (nSPS) is 22.5. The number of nitrogens with zero attached hydrogens (tertiary/aromatic N) is 3. The summed E-state index contributed by atoms with van der Waals surface area (Å²) in [4.78, 5) is 11.7. The van der Waals surface area contributed by atoms with E-state index in [9.17, 15) is 13.6 Å². The molecular formula is C14H21F2N3O2. The van der Waals surface area contributed by atoms with E-state index in [1.807, 2.05) is 0 Å². The first kappa shape index (κ1) is 15.9. The summed E-state index contributed by atoms with van der Waals surface area (Å²) in [5.74, 6) is -0.314. The third kappa shape index (κ3) is 3.39. The van der Waals surface area contributed by atoms with Crippen LogP contribution in [0.15, 0.2) is 0 Å². The molecule has 0 saturated heterocycles. The van der Waals surface area contributed by atoms with Crippen molar-refractivity contribution in [3.63, 3.8) is 0 Å². The van der Waals surface area contributed by atoms with E-state index in [0.29, 0.717) is 5.92 Å². The number of halogens is 2. The lowest BCUT2D eigenvalue weighted by molar-refractivity contribution is 0.0505. The molecule has 21 heavy (non-hydrogen) atoms. The van der Waals surface area contributed by atoms with Gasteiger partial charge in [-0.3, -0.25) is 0 Å². The van der Waals surface area contributed by atoms with Crippen LogP contribution in [0, 0.1) is 5.92 Å². The zero-order chi connectivity index (χ0) is 15.4. The fraction of sp³-hybridized carbons (Fsp3) is 0.786. The van der Waals surface area contributed by atoms with Crippen LogP contribution >= 0.6 is 0 Å². The highest BCUT2D eigenvalue weighted by Gasteiger charge is 2.32. The number of aromatic nitrogens is 3. The first-order chi connectivity index (χ1) is 10.1. The SMILES string of the molecule is CCOC(=O)c1nnn(C2CCCC(CC)C2)c1C(F)F. The van der Waals surface area contributed by atoms with E-state index in [1.165, 1.54) is 4.68 Å². The topological polar surface area (TPSA) is 57.0 Å². The highest BCUT2D eigenvalue weighted by molar-refractivity contribution is 5.88. The smallest absolute Gasteiger partial charge is 0.361 e. The Morgan fingerprint density at radius 1 is 1.43 bits per heavy atom. The highest BCUT2D eigenvalue weighted by Crippen LogP contribution is 2.36. The molecule has 0 spiro atoms. The van der Waals surface area contributed by atoms with E-state index in [-0.39, 0.29) is 18.3 Å². The molecule has 1 aliphatic rings. The Morgan fingerprint density at radius 2 is 2.19 bits per heavy atom. The maximum absolute atomic E-state index is 13.3. The summed E-state index contributed by atoms with van der Waals surface area (Å²) in [5.41, 5.74) is -0.763. The van der Waals surface area contributed by atoms with Gasteiger partial charge in [-0.1, -0.05) is 31.4 Å². The van der Waals surface area contributed by atoms with Crippen molar-refractivity contribution in [3.8, 4) is 0 Å². The Labute approximate surface area is 122 Å². The summed E-state index contributed by atoms with van der Waals surface area (Å²) < 4.78 is 32.7. The van der Waals surface area contributed by atoms with Gasteiger partial charge in [-0.05, 0) is 25.7 Å². The summed E-state index contributed by atoms with van der Waals surface area (Å²) in [5, 5.41) is 7.46. The molecule has 0 aromatic carbocycles. The van der Waals surface area contributed by atoms with Gasteiger partial charge >= 0.3 is 5.97 Å². The van der Waals surface area contributed by atoms with Crippen LogP contribution in [0.4, 0.5) is 8.78 Å². The van der Waals surface area contributed by atoms with Crippen LogP contribution in [-0.4, -0.2) is 27.6 Å². The molecule has 2 unspecified atom stereocenters. The molecule has 7 heteroatoms. The molecule has 0 amide bonds. The second-order valence-electron chi connectivity index (χ2n) is 5.38. The summed E-state index contributed by atoms with van der Waals surface area (Å²) in [7, 11) is 0. The van der Waals surface area contributed by atoms with Crippen molar-refractivity contribution in [1.82, 2.24) is 15.0 Å². The van der Waals surface area contributed by atoms with Crippen molar-refractivity contribution in [3.05, 3.63) is 11.4 Å². The highest BCUT2D eigenvalue weighted by atomic mass is 19.3. The summed E-state index contributed by atoms with van der Waals surface area (Å²) in [6, 6.07) is -0.108. The lowest BCUT2D eigenvalue weighted by Crippen LogP contribution is -2.22. The molecule has 0 bridgehead atoms. The van der Waals surface area contributed by atoms with Gasteiger partial charge in [0.25, 0.3) is 6.43 Å². The van der Waals surface area contributed by atoms with Crippen molar-refractivity contribution in [2.75, 3.05) is 6.61 Å². The lowest BCUT2D eigenvalue weighted by atomic mass is 9.84. The first-order valence-electron chi connectivity index (χ1n) is 7.48. The fourth-order valence-corrected chi connectivity index (χ4v) is 2.97. The quantitative estimate of drug-likeness (QED) is 0.781. The largest absolute Gasteiger partial charge is 0.461 e. The van der Waals surface area contributed by atoms with Gasteiger partial charge in [0.2, 0.25) is 0 Å². The van der Waals surface area contributed by atoms with Crippen molar-refractivity contribution in [1.29, 1.82) is 0 Å². The monoisotopic (exact) mass is 301 g/mol. The van der Waals surface area contributed by atoms with Crippen molar-refractivity contribution in [2.45, 2.75) is 58.4 Å². The Bertz CT molecular complexity index is 491. The van der Waals surface area contributed by atoms with E-state index in [0.717, 1.165) is 32.1 Å². The minimum atomic E-state index is -2.79. The molecular weight excluding hydrogens is 280 g/mol. The molecule has 1 aromatic rings. The molecule has 2 rings (SSSR count). The summed E-state index contributed by atoms with van der Waals surface area (Å²) in [6.45, 7) is 3.85. The van der Waals surface area contributed by atoms with Crippen molar-refractivity contribution < 1.29 is 18.3 Å². The van der Waals surface area contributed by atoms with Gasteiger partial charge in [-0.15, -0.1) is 5.10 Å². The Kier molecular flexibility index (Phi) is 5.25. The van der Waals surface area contributed by atoms with E-state index < -0.39 is 18.1 Å². The molecule has 1 aromatic heterocycles. The second kappa shape index (κ2) is 6.95. The van der Waals surface area contributed by atoms with Gasteiger partial charge in [-0.2, -0.15) is 0 Å². The number of ether oxygens (including phenoxy) is 1. The predicted molar refractivity (Wildman–Crippen MR) is 72.2 cm³/mol. The number of carbonyl (C=O) groups is 1. The Balaban J connectivity index is 2.29. The van der Waals surface area contributed by atoms with Crippen LogP contribution in [0.1, 0.15) is 74.6 Å². The number of carbonyl (C=O) groups excluding carboxylic acids is 1. The van der Waals surface area contributed by atoms with Gasteiger partial charge in [0.15, 0.2) is 5.69 Å². The minimum Gasteiger partial charge on any atom is -0.461 e. The molecule has 1 fully saturated rings. The molecule has 5 nitrogen and oxygen atoms in total. The number of alkyl halides is 2. The van der Waals surface area contributed by atoms with Crippen LogP contribution in [0.25, 0.3) is 0 Å². The van der Waals surface area contributed by atoms with Gasteiger partial charge in [-0.25, -0.2) is 18.3 Å². The fourth-order valence-electron chi connectivity index (χ4n) is 2.97. The van der Waals surface area contributed by atoms with Crippen LogP contribution in [0.2, 0.25) is 0 Å². The summed E-state index contributed by atoms with van der Waals surface area (Å²) in [6.07, 6.45) is 1.95. The van der Waals surface area contributed by atoms with E-state index in [4.69, 9.17) is 4.74 Å². The van der Waals surface area contributed by atoms with Gasteiger partial charge in [0, 0.05) is 0 Å². The van der Waals surface area contributed by atoms with Crippen LogP contribution < -0.4 is 0 Å². The third-order valence-electron chi connectivity index (χ3n) is 4.08. The van der Waals surface area contributed by atoms with E-state index >= 15 is 0 Å². The zero-order valence-corrected chi connectivity index (χ0v) is 12.4. The van der Waals surface area contributed by atoms with Crippen LogP contribution in [-0.2, 0) is 4.74 Å². The Hall–Kier alpha value is -1.53.